The zero-order valence-electron chi connectivity index (χ0n) is 8.47. The molecule has 1 N–H and O–H groups in total. The highest BCUT2D eigenvalue weighted by molar-refractivity contribution is 6.02. The Labute approximate surface area is 97.1 Å². The summed E-state index contributed by atoms with van der Waals surface area (Å²) in [5, 5.41) is 4.99. The van der Waals surface area contributed by atoms with Crippen molar-refractivity contribution in [3.8, 4) is 0 Å². The Kier molecular flexibility index (Phi) is 2.92. The maximum atomic E-state index is 12.1. The largest absolute Gasteiger partial charge is 0.471 e. The van der Waals surface area contributed by atoms with E-state index in [2.05, 4.69) is 24.6 Å². The first-order valence-electron chi connectivity index (χ1n) is 4.44. The van der Waals surface area contributed by atoms with Crippen molar-refractivity contribution in [2.24, 2.45) is 0 Å². The molecule has 1 amide bonds. The van der Waals surface area contributed by atoms with Crippen LogP contribution in [0.15, 0.2) is 23.2 Å². The summed E-state index contributed by atoms with van der Waals surface area (Å²) in [5.41, 5.74) is 0.0517. The highest BCUT2D eigenvalue weighted by atomic mass is 19.4. The molecule has 2 aromatic heterocycles. The van der Waals surface area contributed by atoms with Crippen LogP contribution in [0.2, 0.25) is 0 Å². The van der Waals surface area contributed by atoms with Crippen molar-refractivity contribution < 1.29 is 22.5 Å². The van der Waals surface area contributed by atoms with Crippen LogP contribution in [-0.2, 0) is 6.18 Å². The maximum absolute atomic E-state index is 12.1. The third-order valence-corrected chi connectivity index (χ3v) is 1.72. The lowest BCUT2D eigenvalue weighted by Gasteiger charge is -1.98. The van der Waals surface area contributed by atoms with Gasteiger partial charge in [-0.05, 0) is 5.16 Å². The molecule has 0 aliphatic heterocycles. The molecule has 2 aromatic rings. The highest BCUT2D eigenvalue weighted by Crippen LogP contribution is 2.28. The van der Waals surface area contributed by atoms with Crippen molar-refractivity contribution in [2.45, 2.75) is 6.18 Å². The van der Waals surface area contributed by atoms with E-state index in [1.54, 1.807) is 0 Å². The van der Waals surface area contributed by atoms with Crippen molar-refractivity contribution in [3.05, 3.63) is 30.2 Å². The summed E-state index contributed by atoms with van der Waals surface area (Å²) in [6.45, 7) is 0. The van der Waals surface area contributed by atoms with Gasteiger partial charge in [-0.25, -0.2) is 9.97 Å². The average molecular weight is 259 g/mol. The Hall–Kier alpha value is -2.52. The summed E-state index contributed by atoms with van der Waals surface area (Å²) in [6.07, 6.45) is -1.18. The van der Waals surface area contributed by atoms with Gasteiger partial charge in [0.2, 0.25) is 0 Å². The topological polar surface area (TPSA) is 93.8 Å². The number of nitrogens with zero attached hydrogens (tertiary/aromatic N) is 4. The van der Waals surface area contributed by atoms with E-state index in [4.69, 9.17) is 0 Å². The van der Waals surface area contributed by atoms with Gasteiger partial charge in [-0.15, -0.1) is 0 Å². The second-order valence-electron chi connectivity index (χ2n) is 3.00. The third kappa shape index (κ3) is 2.59. The number of nitrogens with one attached hydrogen (secondary N) is 1. The van der Waals surface area contributed by atoms with Crippen molar-refractivity contribution in [3.63, 3.8) is 0 Å². The zero-order chi connectivity index (χ0) is 13.2. The van der Waals surface area contributed by atoms with E-state index in [9.17, 15) is 18.0 Å². The van der Waals surface area contributed by atoms with Gasteiger partial charge in [-0.3, -0.25) is 10.1 Å². The molecular weight excluding hydrogens is 255 g/mol. The monoisotopic (exact) mass is 259 g/mol. The van der Waals surface area contributed by atoms with Crippen molar-refractivity contribution in [2.75, 3.05) is 5.32 Å². The van der Waals surface area contributed by atoms with E-state index in [0.29, 0.717) is 0 Å². The number of alkyl halides is 3. The molecule has 0 saturated carbocycles. The van der Waals surface area contributed by atoms with Crippen LogP contribution in [0.1, 0.15) is 16.2 Å². The maximum Gasteiger partial charge on any atom is 0.471 e. The number of anilines is 1. The second-order valence-corrected chi connectivity index (χ2v) is 3.00. The number of carbonyl (C=O) groups is 1. The highest BCUT2D eigenvalue weighted by Gasteiger charge is 2.38. The molecular formula is C8H4F3N5O2. The molecule has 2 rings (SSSR count). The van der Waals surface area contributed by atoms with Crippen molar-refractivity contribution in [1.29, 1.82) is 0 Å². The van der Waals surface area contributed by atoms with Gasteiger partial charge in [-0.2, -0.15) is 18.2 Å². The van der Waals surface area contributed by atoms with Gasteiger partial charge in [0.15, 0.2) is 0 Å². The van der Waals surface area contributed by atoms with E-state index < -0.39 is 23.9 Å². The predicted octanol–water partition coefficient (Wildman–Crippen LogP) is 1.13. The molecule has 0 aliphatic rings. The molecule has 0 atom stereocenters. The first kappa shape index (κ1) is 12.0. The van der Waals surface area contributed by atoms with Gasteiger partial charge in [0.25, 0.3) is 11.9 Å². The minimum absolute atomic E-state index is 0.0517. The van der Waals surface area contributed by atoms with Crippen LogP contribution in [0.5, 0.6) is 0 Å². The van der Waals surface area contributed by atoms with Crippen LogP contribution in [0.4, 0.5) is 19.1 Å². The lowest BCUT2D eigenvalue weighted by Crippen LogP contribution is -2.14. The normalized spacial score (nSPS) is 11.3. The number of hydrogen-bond donors (Lipinski definition) is 1. The van der Waals surface area contributed by atoms with Crippen LogP contribution >= 0.6 is 0 Å². The van der Waals surface area contributed by atoms with Gasteiger partial charge in [0, 0.05) is 12.4 Å². The van der Waals surface area contributed by atoms with E-state index in [1.807, 2.05) is 5.32 Å². The molecule has 18 heavy (non-hydrogen) atoms. The van der Waals surface area contributed by atoms with Gasteiger partial charge < -0.3 is 4.52 Å². The number of rotatable bonds is 2. The second kappa shape index (κ2) is 4.39. The molecule has 0 saturated heterocycles. The SMILES string of the molecule is O=C(Nc1noc(C(F)(F)F)n1)c1cncnc1. The fraction of sp³-hybridized carbons (Fsp3) is 0.125. The van der Waals surface area contributed by atoms with Gasteiger partial charge in [0.05, 0.1) is 5.56 Å². The van der Waals surface area contributed by atoms with Crippen LogP contribution in [0.3, 0.4) is 0 Å². The molecule has 10 heteroatoms. The first-order valence-corrected chi connectivity index (χ1v) is 4.44. The van der Waals surface area contributed by atoms with E-state index in [-0.39, 0.29) is 5.56 Å². The Morgan fingerprint density at radius 1 is 1.28 bits per heavy atom. The van der Waals surface area contributed by atoms with Gasteiger partial charge in [-0.1, -0.05) is 0 Å². The predicted molar refractivity (Wildman–Crippen MR) is 49.3 cm³/mol. The first-order chi connectivity index (χ1) is 8.47. The van der Waals surface area contributed by atoms with E-state index >= 15 is 0 Å². The minimum Gasteiger partial charge on any atom is -0.327 e. The molecule has 0 aliphatic carbocycles. The van der Waals surface area contributed by atoms with Crippen LogP contribution in [0, 0.1) is 0 Å². The number of aromatic nitrogens is 4. The van der Waals surface area contributed by atoms with E-state index in [1.165, 1.54) is 18.7 Å². The summed E-state index contributed by atoms with van der Waals surface area (Å²) in [5.74, 6) is -2.87. The minimum atomic E-state index is -4.76. The lowest BCUT2D eigenvalue weighted by atomic mass is 10.3. The molecule has 7 nitrogen and oxygen atoms in total. The summed E-state index contributed by atoms with van der Waals surface area (Å²) < 4.78 is 40.3. The van der Waals surface area contributed by atoms with Crippen molar-refractivity contribution >= 4 is 11.9 Å². The molecule has 0 bridgehead atoms. The van der Waals surface area contributed by atoms with E-state index in [0.717, 1.165) is 0 Å². The molecule has 2 heterocycles. The number of amides is 1. The Morgan fingerprint density at radius 3 is 2.50 bits per heavy atom. The summed E-state index contributed by atoms with van der Waals surface area (Å²) in [7, 11) is 0. The smallest absolute Gasteiger partial charge is 0.327 e. The molecule has 94 valence electrons. The molecule has 0 spiro atoms. The number of hydrogen-bond acceptors (Lipinski definition) is 6. The summed E-state index contributed by atoms with van der Waals surface area (Å²) in [6, 6.07) is 0. The Bertz CT molecular complexity index is 553. The van der Waals surface area contributed by atoms with Gasteiger partial charge >= 0.3 is 12.1 Å². The molecule has 0 radical (unpaired) electrons. The van der Waals surface area contributed by atoms with Gasteiger partial charge in [0.1, 0.15) is 6.33 Å². The van der Waals surface area contributed by atoms with Crippen LogP contribution < -0.4 is 5.32 Å². The number of halogens is 3. The Balaban J connectivity index is 2.11. The zero-order valence-corrected chi connectivity index (χ0v) is 8.47. The fourth-order valence-electron chi connectivity index (χ4n) is 0.979. The van der Waals surface area contributed by atoms with Crippen LogP contribution in [-0.4, -0.2) is 26.0 Å². The molecule has 0 fully saturated rings. The quantitative estimate of drug-likeness (QED) is 0.868. The number of carbonyl (C=O) groups excluding carboxylic acids is 1. The fourth-order valence-corrected chi connectivity index (χ4v) is 0.979. The summed E-state index contributed by atoms with van der Waals surface area (Å²) in [4.78, 5) is 21.6. The standard InChI is InChI=1S/C8H4F3N5O2/c9-8(10,11)6-15-7(16-18-6)14-5(17)4-1-12-3-13-2-4/h1-3H,(H,14,16,17). The molecule has 0 unspecified atom stereocenters. The average Bonchev–Trinajstić information content (AvgIpc) is 2.78. The third-order valence-electron chi connectivity index (χ3n) is 1.72. The lowest BCUT2D eigenvalue weighted by molar-refractivity contribution is -0.159. The molecule has 0 aromatic carbocycles. The summed E-state index contributed by atoms with van der Waals surface area (Å²) >= 11 is 0. The van der Waals surface area contributed by atoms with Crippen LogP contribution in [0.25, 0.3) is 0 Å². The Morgan fingerprint density at radius 2 is 1.94 bits per heavy atom. The van der Waals surface area contributed by atoms with Crippen molar-refractivity contribution in [1.82, 2.24) is 20.1 Å².